The van der Waals surface area contributed by atoms with Crippen LogP contribution in [0.25, 0.3) is 5.57 Å². The predicted molar refractivity (Wildman–Crippen MR) is 138 cm³/mol. The van der Waals surface area contributed by atoms with E-state index in [1.165, 1.54) is 16.2 Å². The van der Waals surface area contributed by atoms with Crippen LogP contribution in [0.4, 0.5) is 0 Å². The van der Waals surface area contributed by atoms with Crippen molar-refractivity contribution in [1.29, 1.82) is 0 Å². The number of nitrogens with zero attached hydrogens (tertiary/aromatic N) is 3. The van der Waals surface area contributed by atoms with E-state index in [2.05, 4.69) is 4.72 Å². The van der Waals surface area contributed by atoms with Gasteiger partial charge in [0, 0.05) is 37.6 Å². The van der Waals surface area contributed by atoms with Crippen LogP contribution >= 0.6 is 22.9 Å². The van der Waals surface area contributed by atoms with Gasteiger partial charge in [0.2, 0.25) is 27.7 Å². The molecule has 0 aromatic carbocycles. The second-order valence-electron chi connectivity index (χ2n) is 9.09. The molecule has 0 unspecified atom stereocenters. The maximum Gasteiger partial charge on any atom is 0.246 e. The van der Waals surface area contributed by atoms with Gasteiger partial charge in [-0.2, -0.15) is 4.72 Å². The Morgan fingerprint density at radius 1 is 1.11 bits per heavy atom. The summed E-state index contributed by atoms with van der Waals surface area (Å²) in [5.41, 5.74) is 0.489. The first-order valence-electron chi connectivity index (χ1n) is 12.1. The number of rotatable bonds is 8. The van der Waals surface area contributed by atoms with Crippen molar-refractivity contribution >= 4 is 56.3 Å². The van der Waals surface area contributed by atoms with Gasteiger partial charge in [0.05, 0.1) is 42.6 Å². The Kier molecular flexibility index (Phi) is 9.24. The minimum atomic E-state index is -3.96. The fraction of sp³-hybridized carbons (Fsp3) is 0.609. The summed E-state index contributed by atoms with van der Waals surface area (Å²) < 4.78 is 39.3. The van der Waals surface area contributed by atoms with Crippen molar-refractivity contribution in [1.82, 2.24) is 19.4 Å². The maximum atomic E-state index is 13.5. The quantitative estimate of drug-likeness (QED) is 0.486. The van der Waals surface area contributed by atoms with Crippen LogP contribution in [-0.4, -0.2) is 112 Å². The highest BCUT2D eigenvalue weighted by Crippen LogP contribution is 2.28. The van der Waals surface area contributed by atoms with E-state index in [1.807, 2.05) is 0 Å². The number of nitrogens with one attached hydrogen (secondary N) is 1. The van der Waals surface area contributed by atoms with E-state index in [9.17, 15) is 22.8 Å². The topological polar surface area (TPSA) is 126 Å². The van der Waals surface area contributed by atoms with Crippen molar-refractivity contribution in [3.8, 4) is 0 Å². The lowest BCUT2D eigenvalue weighted by Gasteiger charge is -2.35. The fourth-order valence-electron chi connectivity index (χ4n) is 4.60. The first-order valence-corrected chi connectivity index (χ1v) is 14.9. The summed E-state index contributed by atoms with van der Waals surface area (Å²) in [6.07, 6.45) is 0.0218. The van der Waals surface area contributed by atoms with Gasteiger partial charge < -0.3 is 24.2 Å². The van der Waals surface area contributed by atoms with Crippen LogP contribution in [-0.2, 0) is 33.9 Å². The number of morpholine rings is 2. The van der Waals surface area contributed by atoms with Gasteiger partial charge in [0.15, 0.2) is 0 Å². The highest BCUT2D eigenvalue weighted by molar-refractivity contribution is 7.92. The minimum absolute atomic E-state index is 0.159. The molecule has 2 atom stereocenters. The molecule has 0 radical (unpaired) electrons. The molecule has 11 nitrogen and oxygen atoms in total. The molecular formula is C23H31ClN4O7S2. The largest absolute Gasteiger partial charge is 0.378 e. The third kappa shape index (κ3) is 7.09. The average Bonchev–Trinajstić information content (AvgIpc) is 3.48. The van der Waals surface area contributed by atoms with Crippen molar-refractivity contribution < 1.29 is 32.3 Å². The monoisotopic (exact) mass is 574 g/mol. The summed E-state index contributed by atoms with van der Waals surface area (Å²) in [4.78, 5) is 45.1. The second kappa shape index (κ2) is 12.2. The van der Waals surface area contributed by atoms with Gasteiger partial charge in [-0.3, -0.25) is 14.4 Å². The van der Waals surface area contributed by atoms with E-state index in [0.29, 0.717) is 67.4 Å². The van der Waals surface area contributed by atoms with E-state index in [4.69, 9.17) is 21.1 Å². The highest BCUT2D eigenvalue weighted by atomic mass is 35.5. The first kappa shape index (κ1) is 28.0. The molecule has 0 aliphatic carbocycles. The molecule has 14 heteroatoms. The lowest BCUT2D eigenvalue weighted by molar-refractivity contribution is -0.150. The lowest BCUT2D eigenvalue weighted by Crippen LogP contribution is -2.55. The van der Waals surface area contributed by atoms with Crippen LogP contribution in [0.15, 0.2) is 17.5 Å². The number of allylic oxidation sites excluding steroid dienone is 1. The molecule has 3 aliphatic rings. The molecule has 4 rings (SSSR count). The van der Waals surface area contributed by atoms with Gasteiger partial charge in [-0.1, -0.05) is 11.6 Å². The number of amides is 3. The fourth-order valence-corrected chi connectivity index (χ4v) is 6.97. The normalized spacial score (nSPS) is 22.4. The van der Waals surface area contributed by atoms with E-state index in [-0.39, 0.29) is 31.2 Å². The molecule has 0 spiro atoms. The zero-order valence-electron chi connectivity index (χ0n) is 20.6. The molecule has 1 N–H and O–H groups in total. The number of hydrogen-bond donors (Lipinski definition) is 1. The van der Waals surface area contributed by atoms with E-state index < -0.39 is 28.0 Å². The van der Waals surface area contributed by atoms with E-state index in [1.54, 1.807) is 28.9 Å². The first-order chi connectivity index (χ1) is 17.6. The summed E-state index contributed by atoms with van der Waals surface area (Å²) in [7, 11) is -3.96. The molecule has 1 aromatic heterocycles. The Labute approximate surface area is 225 Å². The SMILES string of the molecule is C/C(=C\S(=O)(=O)N[C@H]1CCN([C@@H](CC(=O)N2CCOCC2)C(=O)N2CCOCC2)C1=O)c1ccc(Cl)s1. The molecule has 3 saturated heterocycles. The van der Waals surface area contributed by atoms with Gasteiger partial charge in [-0.25, -0.2) is 8.42 Å². The van der Waals surface area contributed by atoms with E-state index in [0.717, 1.165) is 5.41 Å². The van der Waals surface area contributed by atoms with Crippen LogP contribution in [0.1, 0.15) is 24.6 Å². The minimum Gasteiger partial charge on any atom is -0.378 e. The number of hydrogen-bond acceptors (Lipinski definition) is 8. The Morgan fingerprint density at radius 3 is 2.32 bits per heavy atom. The molecule has 0 bridgehead atoms. The standard InChI is InChI=1S/C23H31ClN4O7S2/c1-16(19-2-3-20(24)36-19)15-37(32,33)25-17-4-5-28(22(17)30)18(23(31)27-8-12-35-13-9-27)14-21(29)26-6-10-34-11-7-26/h2-3,15,17-18,25H,4-14H2,1H3/b16-15+/t17-,18-/m0/s1. The molecule has 0 saturated carbocycles. The predicted octanol–water partition coefficient (Wildman–Crippen LogP) is 0.759. The summed E-state index contributed by atoms with van der Waals surface area (Å²) in [5.74, 6) is -1.08. The average molecular weight is 575 g/mol. The highest BCUT2D eigenvalue weighted by Gasteiger charge is 2.43. The molecule has 3 fully saturated rings. The number of sulfonamides is 1. The second-order valence-corrected chi connectivity index (χ2v) is 12.4. The van der Waals surface area contributed by atoms with Gasteiger partial charge in [-0.05, 0) is 31.1 Å². The molecule has 3 aliphatic heterocycles. The Hall–Kier alpha value is -2.03. The van der Waals surface area contributed by atoms with Crippen molar-refractivity contribution in [2.75, 3.05) is 59.2 Å². The Balaban J connectivity index is 1.48. The molecule has 1 aromatic rings. The molecule has 3 amide bonds. The van der Waals surface area contributed by atoms with Crippen molar-refractivity contribution in [3.63, 3.8) is 0 Å². The van der Waals surface area contributed by atoms with Crippen LogP contribution in [0.3, 0.4) is 0 Å². The summed E-state index contributed by atoms with van der Waals surface area (Å²) in [6, 6.07) is 1.37. The molecular weight excluding hydrogens is 544 g/mol. The van der Waals surface area contributed by atoms with Crippen LogP contribution < -0.4 is 4.72 Å². The maximum absolute atomic E-state index is 13.5. The molecule has 37 heavy (non-hydrogen) atoms. The van der Waals surface area contributed by atoms with Crippen LogP contribution in [0.2, 0.25) is 4.34 Å². The smallest absolute Gasteiger partial charge is 0.246 e. The molecule has 4 heterocycles. The van der Waals surface area contributed by atoms with Gasteiger partial charge in [-0.15, -0.1) is 11.3 Å². The van der Waals surface area contributed by atoms with Crippen LogP contribution in [0, 0.1) is 0 Å². The number of carbonyl (C=O) groups is 3. The number of carbonyl (C=O) groups excluding carboxylic acids is 3. The Bertz CT molecular complexity index is 1140. The zero-order chi connectivity index (χ0) is 26.6. The van der Waals surface area contributed by atoms with Gasteiger partial charge in [0.25, 0.3) is 0 Å². The number of halogens is 1. The van der Waals surface area contributed by atoms with Crippen molar-refractivity contribution in [2.24, 2.45) is 0 Å². The third-order valence-corrected chi connectivity index (χ3v) is 9.20. The van der Waals surface area contributed by atoms with Crippen LogP contribution in [0.5, 0.6) is 0 Å². The zero-order valence-corrected chi connectivity index (χ0v) is 22.9. The number of likely N-dealkylation sites (tertiary alicyclic amines) is 1. The summed E-state index contributed by atoms with van der Waals surface area (Å²) >= 11 is 7.20. The van der Waals surface area contributed by atoms with Gasteiger partial charge >= 0.3 is 0 Å². The van der Waals surface area contributed by atoms with Gasteiger partial charge in [0.1, 0.15) is 12.1 Å². The summed E-state index contributed by atoms with van der Waals surface area (Å²) in [5, 5.41) is 1.07. The lowest BCUT2D eigenvalue weighted by atomic mass is 10.1. The Morgan fingerprint density at radius 2 is 1.73 bits per heavy atom. The molecule has 204 valence electrons. The summed E-state index contributed by atoms with van der Waals surface area (Å²) in [6.45, 7) is 5.01. The third-order valence-electron chi connectivity index (χ3n) is 6.56. The number of thiophene rings is 1. The number of ether oxygens (including phenoxy) is 2. The van der Waals surface area contributed by atoms with Crippen molar-refractivity contribution in [2.45, 2.75) is 31.8 Å². The van der Waals surface area contributed by atoms with E-state index >= 15 is 0 Å². The van der Waals surface area contributed by atoms with Crippen molar-refractivity contribution in [3.05, 3.63) is 26.8 Å².